The van der Waals surface area contributed by atoms with Gasteiger partial charge >= 0.3 is 5.97 Å². The second-order valence-electron chi connectivity index (χ2n) is 4.75. The van der Waals surface area contributed by atoms with E-state index in [2.05, 4.69) is 16.6 Å². The van der Waals surface area contributed by atoms with E-state index in [0.29, 0.717) is 29.6 Å². The monoisotopic (exact) mass is 243 g/mol. The Hall–Kier alpha value is -1.36. The third-order valence-electron chi connectivity index (χ3n) is 2.54. The lowest BCUT2D eigenvalue weighted by molar-refractivity contribution is -0.888. The van der Waals surface area contributed by atoms with Crippen LogP contribution in [0.25, 0.3) is 0 Å². The van der Waals surface area contributed by atoms with E-state index in [9.17, 15) is 9.59 Å². The fourth-order valence-corrected chi connectivity index (χ4v) is 1.23. The van der Waals surface area contributed by atoms with Crippen molar-refractivity contribution in [2.24, 2.45) is 0 Å². The van der Waals surface area contributed by atoms with Crippen LogP contribution in [0, 0.1) is 0 Å². The van der Waals surface area contributed by atoms with Crippen molar-refractivity contribution in [3.8, 4) is 0 Å². The van der Waals surface area contributed by atoms with Crippen molar-refractivity contribution in [2.75, 3.05) is 40.8 Å². The normalized spacial score (nSPS) is 10.8. The third kappa shape index (κ3) is 7.52. The molecule has 0 saturated heterocycles. The molecule has 0 aromatic heterocycles. The molecule has 17 heavy (non-hydrogen) atoms. The lowest BCUT2D eigenvalue weighted by Gasteiger charge is -2.29. The van der Waals surface area contributed by atoms with Gasteiger partial charge in [0.2, 0.25) is 5.91 Å². The molecule has 0 rings (SSSR count). The van der Waals surface area contributed by atoms with Gasteiger partial charge in [-0.3, -0.25) is 9.59 Å². The van der Waals surface area contributed by atoms with Gasteiger partial charge in [0.05, 0.1) is 47.3 Å². The highest BCUT2D eigenvalue weighted by atomic mass is 16.5. The second-order valence-corrected chi connectivity index (χ2v) is 4.75. The van der Waals surface area contributed by atoms with Crippen molar-refractivity contribution in [1.82, 2.24) is 5.32 Å². The van der Waals surface area contributed by atoms with Crippen LogP contribution in [0.2, 0.25) is 0 Å². The number of carbonyl (C=O) groups excluding carboxylic acids is 2. The molecule has 0 aromatic carbocycles. The van der Waals surface area contributed by atoms with Gasteiger partial charge in [-0.05, 0) is 6.92 Å². The molecule has 0 bridgehead atoms. The summed E-state index contributed by atoms with van der Waals surface area (Å²) in [6.45, 7) is 7.25. The first kappa shape index (κ1) is 15.6. The average Bonchev–Trinajstić information content (AvgIpc) is 2.25. The number of methoxy groups -OCH3 is 1. The van der Waals surface area contributed by atoms with Gasteiger partial charge in [-0.1, -0.05) is 6.58 Å². The van der Waals surface area contributed by atoms with Gasteiger partial charge in [0.1, 0.15) is 0 Å². The van der Waals surface area contributed by atoms with E-state index in [4.69, 9.17) is 0 Å². The Balaban J connectivity index is 3.89. The molecule has 0 atom stereocenters. The molecular formula is C12H23N2O3+. The molecule has 0 fully saturated rings. The van der Waals surface area contributed by atoms with Crippen LogP contribution < -0.4 is 5.32 Å². The molecule has 0 aromatic rings. The predicted octanol–water partition coefficient (Wildman–Crippen LogP) is 0.318. The van der Waals surface area contributed by atoms with E-state index >= 15 is 0 Å². The van der Waals surface area contributed by atoms with E-state index in [1.807, 2.05) is 14.1 Å². The first-order chi connectivity index (χ1) is 7.78. The van der Waals surface area contributed by atoms with Crippen molar-refractivity contribution in [2.45, 2.75) is 13.3 Å². The highest BCUT2D eigenvalue weighted by Gasteiger charge is 2.17. The molecular weight excluding hydrogens is 220 g/mol. The fourth-order valence-electron chi connectivity index (χ4n) is 1.23. The quantitative estimate of drug-likeness (QED) is 0.398. The number of ether oxygens (including phenoxy) is 1. The largest absolute Gasteiger partial charge is 0.469 e. The maximum absolute atomic E-state index is 11.2. The minimum Gasteiger partial charge on any atom is -0.469 e. The molecule has 0 spiro atoms. The zero-order chi connectivity index (χ0) is 13.5. The molecule has 0 unspecified atom stereocenters. The van der Waals surface area contributed by atoms with Crippen LogP contribution in [0.3, 0.4) is 0 Å². The van der Waals surface area contributed by atoms with Crippen LogP contribution in [0.4, 0.5) is 0 Å². The molecule has 0 aliphatic heterocycles. The first-order valence-corrected chi connectivity index (χ1v) is 5.61. The summed E-state index contributed by atoms with van der Waals surface area (Å²) >= 11 is 0. The zero-order valence-electron chi connectivity index (χ0n) is 11.2. The number of hydrogen-bond donors (Lipinski definition) is 1. The van der Waals surface area contributed by atoms with Gasteiger partial charge in [-0.15, -0.1) is 0 Å². The molecule has 0 aliphatic carbocycles. The van der Waals surface area contributed by atoms with E-state index in [-0.39, 0.29) is 11.9 Å². The number of quaternary nitrogens is 1. The second kappa shape index (κ2) is 7.06. The van der Waals surface area contributed by atoms with Crippen molar-refractivity contribution >= 4 is 11.9 Å². The molecule has 5 heteroatoms. The standard InChI is InChI=1S/C12H22N2O3/c1-10(2)12(16)13-7-9-14(3,4)8-6-11(15)17-5/h1,6-9H2,2-5H3/p+1. The molecule has 1 amide bonds. The van der Waals surface area contributed by atoms with Crippen molar-refractivity contribution in [1.29, 1.82) is 0 Å². The minimum absolute atomic E-state index is 0.127. The van der Waals surface area contributed by atoms with Crippen molar-refractivity contribution in [3.05, 3.63) is 12.2 Å². The van der Waals surface area contributed by atoms with Gasteiger partial charge in [0.15, 0.2) is 0 Å². The van der Waals surface area contributed by atoms with Crippen LogP contribution in [-0.4, -0.2) is 57.2 Å². The van der Waals surface area contributed by atoms with E-state index in [1.54, 1.807) is 6.92 Å². The van der Waals surface area contributed by atoms with Gasteiger partial charge in [-0.2, -0.15) is 0 Å². The number of esters is 1. The summed E-state index contributed by atoms with van der Waals surface area (Å²) in [7, 11) is 5.40. The van der Waals surface area contributed by atoms with Gasteiger partial charge in [0, 0.05) is 5.57 Å². The van der Waals surface area contributed by atoms with E-state index < -0.39 is 0 Å². The smallest absolute Gasteiger partial charge is 0.311 e. The highest BCUT2D eigenvalue weighted by Crippen LogP contribution is 1.99. The number of amides is 1. The Kier molecular flexibility index (Phi) is 6.50. The summed E-state index contributed by atoms with van der Waals surface area (Å²) < 4.78 is 5.25. The Morgan fingerprint density at radius 3 is 2.35 bits per heavy atom. The van der Waals surface area contributed by atoms with E-state index in [0.717, 1.165) is 6.54 Å². The van der Waals surface area contributed by atoms with Crippen molar-refractivity contribution < 1.29 is 18.8 Å². The molecule has 0 heterocycles. The highest BCUT2D eigenvalue weighted by molar-refractivity contribution is 5.92. The summed E-state index contributed by atoms with van der Waals surface area (Å²) in [6, 6.07) is 0. The lowest BCUT2D eigenvalue weighted by atomic mass is 10.3. The topological polar surface area (TPSA) is 55.4 Å². The van der Waals surface area contributed by atoms with Crippen LogP contribution >= 0.6 is 0 Å². The van der Waals surface area contributed by atoms with Crippen molar-refractivity contribution in [3.63, 3.8) is 0 Å². The number of hydrogen-bond acceptors (Lipinski definition) is 3. The summed E-state index contributed by atoms with van der Waals surface area (Å²) in [5, 5.41) is 2.77. The number of nitrogens with zero attached hydrogens (tertiary/aromatic N) is 1. The Morgan fingerprint density at radius 2 is 1.88 bits per heavy atom. The SMILES string of the molecule is C=C(C)C(=O)NCC[N+](C)(C)CCC(=O)OC. The number of carbonyl (C=O) groups is 2. The van der Waals surface area contributed by atoms with E-state index in [1.165, 1.54) is 7.11 Å². The first-order valence-electron chi connectivity index (χ1n) is 5.61. The minimum atomic E-state index is -0.206. The maximum atomic E-state index is 11.2. The lowest BCUT2D eigenvalue weighted by Crippen LogP contribution is -2.46. The summed E-state index contributed by atoms with van der Waals surface area (Å²) in [5.41, 5.74) is 0.505. The molecule has 98 valence electrons. The molecule has 0 aliphatic rings. The maximum Gasteiger partial charge on any atom is 0.311 e. The fraction of sp³-hybridized carbons (Fsp3) is 0.667. The molecule has 5 nitrogen and oxygen atoms in total. The molecule has 0 saturated carbocycles. The third-order valence-corrected chi connectivity index (χ3v) is 2.54. The van der Waals surface area contributed by atoms with Gasteiger partial charge < -0.3 is 14.5 Å². The van der Waals surface area contributed by atoms with Crippen LogP contribution in [0.1, 0.15) is 13.3 Å². The Labute approximate surface area is 103 Å². The van der Waals surface area contributed by atoms with Gasteiger partial charge in [-0.25, -0.2) is 0 Å². The van der Waals surface area contributed by atoms with Crippen LogP contribution in [-0.2, 0) is 14.3 Å². The number of rotatable bonds is 7. The number of likely N-dealkylation sites (N-methyl/N-ethyl adjacent to an activating group) is 1. The van der Waals surface area contributed by atoms with Crippen LogP contribution in [0.15, 0.2) is 12.2 Å². The summed E-state index contributed by atoms with van der Waals surface area (Å²) in [4.78, 5) is 22.3. The molecule has 0 radical (unpaired) electrons. The zero-order valence-corrected chi connectivity index (χ0v) is 11.2. The Bertz CT molecular complexity index is 298. The van der Waals surface area contributed by atoms with Gasteiger partial charge in [0.25, 0.3) is 0 Å². The average molecular weight is 243 g/mol. The van der Waals surface area contributed by atoms with Crippen LogP contribution in [0.5, 0.6) is 0 Å². The summed E-state index contributed by atoms with van der Waals surface area (Å²) in [5.74, 6) is -0.333. The Morgan fingerprint density at radius 1 is 1.29 bits per heavy atom. The predicted molar refractivity (Wildman–Crippen MR) is 66.3 cm³/mol. The number of nitrogens with one attached hydrogen (secondary N) is 1. The molecule has 1 N–H and O–H groups in total. The summed E-state index contributed by atoms with van der Waals surface area (Å²) in [6.07, 6.45) is 0.387.